The second-order valence-electron chi connectivity index (χ2n) is 9.98. The van der Waals surface area contributed by atoms with Crippen LogP contribution in [-0.4, -0.2) is 59.1 Å². The molecule has 1 N–H and O–H groups in total. The van der Waals surface area contributed by atoms with E-state index in [1.165, 1.54) is 6.20 Å². The maximum Gasteiger partial charge on any atom is 0.410 e. The topological polar surface area (TPSA) is 106 Å². The van der Waals surface area contributed by atoms with Gasteiger partial charge in [-0.25, -0.2) is 22.2 Å². The molecule has 0 saturated heterocycles. The molecule has 202 valence electrons. The lowest BCUT2D eigenvalue weighted by Gasteiger charge is -2.26. The van der Waals surface area contributed by atoms with Gasteiger partial charge < -0.3 is 15.0 Å². The van der Waals surface area contributed by atoms with Crippen molar-refractivity contribution in [3.63, 3.8) is 0 Å². The van der Waals surface area contributed by atoms with Crippen molar-refractivity contribution in [3.8, 4) is 0 Å². The van der Waals surface area contributed by atoms with Crippen LogP contribution in [0.3, 0.4) is 0 Å². The number of anilines is 1. The number of amides is 1. The normalized spacial score (nSPS) is 13.0. The molecule has 1 aromatic carbocycles. The van der Waals surface area contributed by atoms with Gasteiger partial charge in [-0.1, -0.05) is 31.0 Å². The number of rotatable bonds is 9. The average Bonchev–Trinajstić information content (AvgIpc) is 3.14. The predicted octanol–water partition coefficient (Wildman–Crippen LogP) is 5.93. The highest BCUT2D eigenvalue weighted by Crippen LogP contribution is 2.32. The first-order chi connectivity index (χ1) is 17.2. The van der Waals surface area contributed by atoms with Crippen LogP contribution in [-0.2, 0) is 14.8 Å². The Balaban J connectivity index is 1.81. The largest absolute Gasteiger partial charge is 0.444 e. The molecule has 0 bridgehead atoms. The number of ether oxygens (including phenoxy) is 1. The third-order valence-electron chi connectivity index (χ3n) is 5.83. The lowest BCUT2D eigenvalue weighted by Crippen LogP contribution is -2.35. The quantitative estimate of drug-likeness (QED) is 0.224. The Hall–Kier alpha value is -2.12. The molecule has 1 unspecified atom stereocenters. The fraction of sp³-hybridized carbons (Fsp3) is 0.480. The molecule has 2 heterocycles. The minimum Gasteiger partial charge on any atom is -0.444 e. The fourth-order valence-corrected chi connectivity index (χ4v) is 6.10. The van der Waals surface area contributed by atoms with Crippen molar-refractivity contribution in [3.05, 3.63) is 44.9 Å². The Bertz CT molecular complexity index is 1370. The number of hydrogen-bond acceptors (Lipinski definition) is 7. The molecule has 2 aromatic heterocycles. The summed E-state index contributed by atoms with van der Waals surface area (Å²) in [5.74, 6) is 0.695. The zero-order chi connectivity index (χ0) is 27.5. The molecule has 0 radical (unpaired) electrons. The summed E-state index contributed by atoms with van der Waals surface area (Å²) in [7, 11) is -2.16. The lowest BCUT2D eigenvalue weighted by molar-refractivity contribution is 0.0290. The number of carbonyl (C=O) groups is 1. The van der Waals surface area contributed by atoms with E-state index in [4.69, 9.17) is 16.3 Å². The van der Waals surface area contributed by atoms with E-state index in [1.54, 1.807) is 36.2 Å². The summed E-state index contributed by atoms with van der Waals surface area (Å²) in [6.07, 6.45) is 2.80. The summed E-state index contributed by atoms with van der Waals surface area (Å²) in [5, 5.41) is 3.87. The number of aromatic nitrogens is 3. The van der Waals surface area contributed by atoms with Crippen LogP contribution < -0.4 is 5.32 Å². The molecule has 0 spiro atoms. The van der Waals surface area contributed by atoms with Crippen molar-refractivity contribution in [1.82, 2.24) is 18.8 Å². The maximum atomic E-state index is 13.4. The highest BCUT2D eigenvalue weighted by atomic mass is 127. The monoisotopic (exact) mass is 661 g/mol. The van der Waals surface area contributed by atoms with Gasteiger partial charge in [0.1, 0.15) is 11.4 Å². The molecule has 0 saturated carbocycles. The molecule has 0 fully saturated rings. The van der Waals surface area contributed by atoms with Gasteiger partial charge in [-0.15, -0.1) is 0 Å². The third kappa shape index (κ3) is 7.26. The number of carbonyl (C=O) groups excluding carboxylic acids is 1. The number of benzene rings is 1. The van der Waals surface area contributed by atoms with Gasteiger partial charge in [0.05, 0.1) is 10.3 Å². The van der Waals surface area contributed by atoms with Crippen LogP contribution in [0.2, 0.25) is 5.28 Å². The molecule has 3 aromatic rings. The van der Waals surface area contributed by atoms with Gasteiger partial charge in [-0.3, -0.25) is 0 Å². The Morgan fingerprint density at radius 1 is 1.24 bits per heavy atom. The second kappa shape index (κ2) is 11.7. The van der Waals surface area contributed by atoms with E-state index in [9.17, 15) is 13.2 Å². The molecule has 0 aliphatic heterocycles. The SMILES string of the molecule is CCC(CCN(C)C(=O)OC(C)(C)C)CNc1nc(Cl)nc2c1c(I)cn2S(=O)(=O)c1ccc(C)cc1. The summed E-state index contributed by atoms with van der Waals surface area (Å²) in [6.45, 7) is 10.6. The van der Waals surface area contributed by atoms with Crippen molar-refractivity contribution in [1.29, 1.82) is 0 Å². The molecule has 3 rings (SSSR count). The summed E-state index contributed by atoms with van der Waals surface area (Å²) in [6, 6.07) is 6.66. The van der Waals surface area contributed by atoms with Gasteiger partial charge in [0.25, 0.3) is 10.0 Å². The van der Waals surface area contributed by atoms with Crippen LogP contribution in [0.4, 0.5) is 10.6 Å². The zero-order valence-corrected chi connectivity index (χ0v) is 25.6. The fourth-order valence-electron chi connectivity index (χ4n) is 3.66. The van der Waals surface area contributed by atoms with Crippen molar-refractivity contribution in [2.24, 2.45) is 5.92 Å². The smallest absolute Gasteiger partial charge is 0.410 e. The number of nitrogens with one attached hydrogen (secondary N) is 1. The summed E-state index contributed by atoms with van der Waals surface area (Å²) in [4.78, 5) is 22.6. The van der Waals surface area contributed by atoms with Gasteiger partial charge in [0.2, 0.25) is 5.28 Å². The summed E-state index contributed by atoms with van der Waals surface area (Å²) >= 11 is 8.31. The maximum absolute atomic E-state index is 13.4. The Labute approximate surface area is 237 Å². The van der Waals surface area contributed by atoms with Crippen LogP contribution in [0.15, 0.2) is 35.4 Å². The number of aryl methyl sites for hydroxylation is 1. The molecule has 0 aliphatic carbocycles. The number of fused-ring (bicyclic) bond motifs is 1. The van der Waals surface area contributed by atoms with Gasteiger partial charge >= 0.3 is 6.09 Å². The van der Waals surface area contributed by atoms with E-state index in [1.807, 2.05) is 27.7 Å². The Kier molecular flexibility index (Phi) is 9.33. The first-order valence-electron chi connectivity index (χ1n) is 12.0. The van der Waals surface area contributed by atoms with Gasteiger partial charge in [-0.05, 0) is 86.4 Å². The minimum absolute atomic E-state index is 0.0532. The second-order valence-corrected chi connectivity index (χ2v) is 13.3. The first-order valence-corrected chi connectivity index (χ1v) is 14.9. The Morgan fingerprint density at radius 2 is 1.89 bits per heavy atom. The highest BCUT2D eigenvalue weighted by Gasteiger charge is 2.25. The molecular weight excluding hydrogens is 629 g/mol. The van der Waals surface area contributed by atoms with Crippen molar-refractivity contribution in [2.75, 3.05) is 25.5 Å². The predicted molar refractivity (Wildman–Crippen MR) is 155 cm³/mol. The van der Waals surface area contributed by atoms with E-state index in [0.29, 0.717) is 27.9 Å². The van der Waals surface area contributed by atoms with Crippen LogP contribution in [0.25, 0.3) is 11.0 Å². The van der Waals surface area contributed by atoms with E-state index in [-0.39, 0.29) is 27.8 Å². The minimum atomic E-state index is -3.88. The number of halogens is 2. The molecule has 9 nitrogen and oxygen atoms in total. The van der Waals surface area contributed by atoms with Gasteiger partial charge in [0.15, 0.2) is 5.65 Å². The van der Waals surface area contributed by atoms with Gasteiger partial charge in [0, 0.05) is 29.9 Å². The molecule has 0 aliphatic rings. The van der Waals surface area contributed by atoms with Crippen LogP contribution in [0.1, 0.15) is 46.1 Å². The van der Waals surface area contributed by atoms with Crippen molar-refractivity contribution >= 4 is 67.2 Å². The van der Waals surface area contributed by atoms with Gasteiger partial charge in [-0.2, -0.15) is 4.98 Å². The van der Waals surface area contributed by atoms with Crippen LogP contribution in [0.5, 0.6) is 0 Å². The summed E-state index contributed by atoms with van der Waals surface area (Å²) in [5.41, 5.74) is 0.630. The molecule has 37 heavy (non-hydrogen) atoms. The van der Waals surface area contributed by atoms with Crippen LogP contribution in [0, 0.1) is 16.4 Å². The first kappa shape index (κ1) is 29.4. The van der Waals surface area contributed by atoms with Crippen molar-refractivity contribution in [2.45, 2.75) is 58.0 Å². The lowest BCUT2D eigenvalue weighted by atomic mass is 10.0. The van der Waals surface area contributed by atoms with E-state index >= 15 is 0 Å². The molecule has 1 atom stereocenters. The molecule has 12 heteroatoms. The zero-order valence-electron chi connectivity index (χ0n) is 21.9. The van der Waals surface area contributed by atoms with E-state index in [0.717, 1.165) is 22.4 Å². The molecular formula is C25H33ClIN5O4S. The third-order valence-corrected chi connectivity index (χ3v) is 8.48. The summed E-state index contributed by atoms with van der Waals surface area (Å²) < 4.78 is 34.0. The standard InChI is InChI=1S/C25H33ClIN5O4S/c1-7-17(12-13-31(6)24(33)36-25(3,4)5)14-28-21-20-19(27)15-32(22(20)30-23(26)29-21)37(34,35)18-10-8-16(2)9-11-18/h8-11,15,17H,7,12-14H2,1-6H3,(H,28,29,30). The average molecular weight is 662 g/mol. The van der Waals surface area contributed by atoms with Crippen molar-refractivity contribution < 1.29 is 17.9 Å². The van der Waals surface area contributed by atoms with E-state index in [2.05, 4.69) is 44.8 Å². The Morgan fingerprint density at radius 3 is 2.49 bits per heavy atom. The molecule has 1 amide bonds. The number of hydrogen-bond donors (Lipinski definition) is 1. The van der Waals surface area contributed by atoms with Crippen LogP contribution >= 0.6 is 34.2 Å². The highest BCUT2D eigenvalue weighted by molar-refractivity contribution is 14.1. The number of nitrogens with zero attached hydrogens (tertiary/aromatic N) is 4. The van der Waals surface area contributed by atoms with E-state index < -0.39 is 15.6 Å².